The summed E-state index contributed by atoms with van der Waals surface area (Å²) < 4.78 is 0. The van der Waals surface area contributed by atoms with Crippen molar-refractivity contribution in [2.75, 3.05) is 18.8 Å². The van der Waals surface area contributed by atoms with Gasteiger partial charge in [0.05, 0.1) is 0 Å². The van der Waals surface area contributed by atoms with Crippen molar-refractivity contribution < 1.29 is 0 Å². The van der Waals surface area contributed by atoms with E-state index in [1.54, 1.807) is 0 Å². The highest BCUT2D eigenvalue weighted by atomic mass is 32.2. The van der Waals surface area contributed by atoms with Crippen molar-refractivity contribution in [1.82, 2.24) is 5.32 Å². The normalized spacial score (nSPS) is 20.2. The van der Waals surface area contributed by atoms with Gasteiger partial charge in [-0.3, -0.25) is 0 Å². The summed E-state index contributed by atoms with van der Waals surface area (Å²) in [4.78, 5) is 0. The zero-order valence-corrected chi connectivity index (χ0v) is 13.2. The lowest BCUT2D eigenvalue weighted by molar-refractivity contribution is 0.543. The van der Waals surface area contributed by atoms with E-state index in [2.05, 4.69) is 24.0 Å². The minimum absolute atomic E-state index is 0.910. The first kappa shape index (κ1) is 16.4. The predicted molar refractivity (Wildman–Crippen MR) is 85.6 cm³/mol. The van der Waals surface area contributed by atoms with Crippen LogP contribution in [-0.4, -0.2) is 24.1 Å². The standard InChI is InChI=1S/C16H33NS/c1-2-3-4-5-6-7-8-10-13-17-15-16-12-9-11-14-18-16/h16-17H,2-15H2,1H3. The number of unbranched alkanes of at least 4 members (excludes halogenated alkanes) is 7. The molecule has 1 rings (SSSR count). The summed E-state index contributed by atoms with van der Waals surface area (Å²) in [5, 5.41) is 4.56. The quantitative estimate of drug-likeness (QED) is 0.531. The lowest BCUT2D eigenvalue weighted by atomic mass is 10.1. The minimum atomic E-state index is 0.910. The Morgan fingerprint density at radius 2 is 1.67 bits per heavy atom. The Kier molecular flexibility index (Phi) is 11.2. The second kappa shape index (κ2) is 12.3. The van der Waals surface area contributed by atoms with E-state index >= 15 is 0 Å². The van der Waals surface area contributed by atoms with Crippen molar-refractivity contribution in [2.45, 2.75) is 82.8 Å². The first-order chi connectivity index (χ1) is 8.93. The molecule has 0 saturated carbocycles. The molecule has 1 heterocycles. The van der Waals surface area contributed by atoms with Gasteiger partial charge in [0.15, 0.2) is 0 Å². The Hall–Kier alpha value is 0.310. The Morgan fingerprint density at radius 3 is 2.33 bits per heavy atom. The van der Waals surface area contributed by atoms with Gasteiger partial charge in [-0.1, -0.05) is 58.3 Å². The third-order valence-electron chi connectivity index (χ3n) is 3.85. The molecule has 0 radical (unpaired) electrons. The zero-order valence-electron chi connectivity index (χ0n) is 12.4. The van der Waals surface area contributed by atoms with Crippen molar-refractivity contribution in [1.29, 1.82) is 0 Å². The highest BCUT2D eigenvalue weighted by Gasteiger charge is 2.12. The molecule has 1 atom stereocenters. The third kappa shape index (κ3) is 9.27. The molecule has 1 unspecified atom stereocenters. The van der Waals surface area contributed by atoms with Gasteiger partial charge in [0.2, 0.25) is 0 Å². The molecule has 1 aliphatic heterocycles. The van der Waals surface area contributed by atoms with Crippen LogP contribution in [0.3, 0.4) is 0 Å². The maximum absolute atomic E-state index is 3.65. The highest BCUT2D eigenvalue weighted by molar-refractivity contribution is 7.99. The van der Waals surface area contributed by atoms with Crippen LogP contribution in [0.4, 0.5) is 0 Å². The molecule has 0 amide bonds. The summed E-state index contributed by atoms with van der Waals surface area (Å²) in [5.74, 6) is 1.39. The first-order valence-electron chi connectivity index (χ1n) is 8.26. The Bertz CT molecular complexity index is 166. The molecule has 0 aromatic rings. The molecule has 2 heteroatoms. The summed E-state index contributed by atoms with van der Waals surface area (Å²) in [5.41, 5.74) is 0. The summed E-state index contributed by atoms with van der Waals surface area (Å²) in [6.45, 7) is 4.78. The molecule has 0 aromatic heterocycles. The molecular weight excluding hydrogens is 238 g/mol. The second-order valence-corrected chi connectivity index (χ2v) is 7.08. The van der Waals surface area contributed by atoms with E-state index in [9.17, 15) is 0 Å². The summed E-state index contributed by atoms with van der Waals surface area (Å²) >= 11 is 2.18. The van der Waals surface area contributed by atoms with Crippen LogP contribution in [0, 0.1) is 0 Å². The van der Waals surface area contributed by atoms with Crippen molar-refractivity contribution in [3.8, 4) is 0 Å². The lowest BCUT2D eigenvalue weighted by Crippen LogP contribution is -2.27. The Labute approximate surface area is 119 Å². The van der Waals surface area contributed by atoms with Gasteiger partial charge in [-0.2, -0.15) is 11.8 Å². The molecule has 18 heavy (non-hydrogen) atoms. The average molecular weight is 272 g/mol. The highest BCUT2D eigenvalue weighted by Crippen LogP contribution is 2.24. The summed E-state index contributed by atoms with van der Waals surface area (Å²) in [7, 11) is 0. The molecule has 1 fully saturated rings. The fourth-order valence-corrected chi connectivity index (χ4v) is 3.89. The average Bonchev–Trinajstić information content (AvgIpc) is 2.42. The number of thioether (sulfide) groups is 1. The third-order valence-corrected chi connectivity index (χ3v) is 5.25. The van der Waals surface area contributed by atoms with Gasteiger partial charge < -0.3 is 5.32 Å². The van der Waals surface area contributed by atoms with Crippen molar-refractivity contribution in [3.05, 3.63) is 0 Å². The van der Waals surface area contributed by atoms with Crippen LogP contribution in [0.1, 0.15) is 77.6 Å². The summed E-state index contributed by atoms with van der Waals surface area (Å²) in [6, 6.07) is 0. The van der Waals surface area contributed by atoms with Crippen LogP contribution in [0.15, 0.2) is 0 Å². The van der Waals surface area contributed by atoms with E-state index in [0.29, 0.717) is 0 Å². The van der Waals surface area contributed by atoms with Gasteiger partial charge >= 0.3 is 0 Å². The van der Waals surface area contributed by atoms with Gasteiger partial charge in [-0.05, 0) is 31.6 Å². The fraction of sp³-hybridized carbons (Fsp3) is 1.00. The van der Waals surface area contributed by atoms with Crippen molar-refractivity contribution in [3.63, 3.8) is 0 Å². The molecule has 1 aliphatic rings. The van der Waals surface area contributed by atoms with E-state index in [-0.39, 0.29) is 0 Å². The molecular formula is C16H33NS. The van der Waals surface area contributed by atoms with Crippen LogP contribution < -0.4 is 5.32 Å². The van der Waals surface area contributed by atoms with Gasteiger partial charge in [-0.25, -0.2) is 0 Å². The lowest BCUT2D eigenvalue weighted by Gasteiger charge is -2.21. The van der Waals surface area contributed by atoms with Gasteiger partial charge in [0.1, 0.15) is 0 Å². The number of nitrogens with one attached hydrogen (secondary N) is 1. The molecule has 1 saturated heterocycles. The maximum atomic E-state index is 3.65. The van der Waals surface area contributed by atoms with Gasteiger partial charge in [0.25, 0.3) is 0 Å². The first-order valence-corrected chi connectivity index (χ1v) is 9.30. The van der Waals surface area contributed by atoms with Crippen LogP contribution in [0.25, 0.3) is 0 Å². The SMILES string of the molecule is CCCCCCCCCCNCC1CCCCS1. The van der Waals surface area contributed by atoms with Gasteiger partial charge in [-0.15, -0.1) is 0 Å². The van der Waals surface area contributed by atoms with Crippen LogP contribution >= 0.6 is 11.8 Å². The van der Waals surface area contributed by atoms with E-state index in [1.807, 2.05) is 0 Å². The van der Waals surface area contributed by atoms with E-state index < -0.39 is 0 Å². The largest absolute Gasteiger partial charge is 0.316 e. The Morgan fingerprint density at radius 1 is 0.944 bits per heavy atom. The minimum Gasteiger partial charge on any atom is -0.316 e. The van der Waals surface area contributed by atoms with Gasteiger partial charge in [0, 0.05) is 11.8 Å². The molecule has 1 N–H and O–H groups in total. The fourth-order valence-electron chi connectivity index (χ4n) is 2.62. The summed E-state index contributed by atoms with van der Waals surface area (Å²) in [6.07, 6.45) is 15.8. The smallest absolute Gasteiger partial charge is 0.0172 e. The van der Waals surface area contributed by atoms with E-state index in [4.69, 9.17) is 0 Å². The van der Waals surface area contributed by atoms with E-state index in [1.165, 1.54) is 89.5 Å². The molecule has 108 valence electrons. The number of rotatable bonds is 11. The topological polar surface area (TPSA) is 12.0 Å². The monoisotopic (exact) mass is 271 g/mol. The maximum Gasteiger partial charge on any atom is 0.0172 e. The molecule has 0 aromatic carbocycles. The van der Waals surface area contributed by atoms with Crippen molar-refractivity contribution in [2.24, 2.45) is 0 Å². The molecule has 0 spiro atoms. The molecule has 1 nitrogen and oxygen atoms in total. The van der Waals surface area contributed by atoms with Crippen molar-refractivity contribution >= 4 is 11.8 Å². The van der Waals surface area contributed by atoms with Crippen LogP contribution in [0.2, 0.25) is 0 Å². The number of hydrogen-bond donors (Lipinski definition) is 1. The number of hydrogen-bond acceptors (Lipinski definition) is 2. The van der Waals surface area contributed by atoms with E-state index in [0.717, 1.165) is 5.25 Å². The predicted octanol–water partition coefficient (Wildman–Crippen LogP) is 5.00. The van der Waals surface area contributed by atoms with Crippen LogP contribution in [-0.2, 0) is 0 Å². The second-order valence-electron chi connectivity index (χ2n) is 5.67. The Balaban J connectivity index is 1.73. The molecule has 0 aliphatic carbocycles. The zero-order chi connectivity index (χ0) is 12.9. The molecule has 0 bridgehead atoms. The van der Waals surface area contributed by atoms with Crippen LogP contribution in [0.5, 0.6) is 0 Å².